The van der Waals surface area contributed by atoms with Crippen LogP contribution in [0.15, 0.2) is 21.1 Å². The zero-order valence-corrected chi connectivity index (χ0v) is 13.0. The summed E-state index contributed by atoms with van der Waals surface area (Å²) in [5.74, 6) is -0.236. The molecular formula is C11H13BrF2N2O2S. The van der Waals surface area contributed by atoms with Crippen molar-refractivity contribution in [3.63, 3.8) is 0 Å². The van der Waals surface area contributed by atoms with Crippen LogP contribution in [0.3, 0.4) is 0 Å². The van der Waals surface area contributed by atoms with Crippen LogP contribution in [0.1, 0.15) is 26.3 Å². The molecule has 0 bridgehead atoms. The van der Waals surface area contributed by atoms with Gasteiger partial charge in [0.15, 0.2) is 0 Å². The zero-order chi connectivity index (χ0) is 14.6. The lowest BCUT2D eigenvalue weighted by atomic mass is 10.3. The van der Waals surface area contributed by atoms with Crippen LogP contribution < -0.4 is 4.74 Å². The first-order valence-corrected chi connectivity index (χ1v) is 7.17. The van der Waals surface area contributed by atoms with Crippen molar-refractivity contribution in [3.8, 4) is 5.88 Å². The molecule has 1 aromatic rings. The van der Waals surface area contributed by atoms with Crippen molar-refractivity contribution in [1.29, 1.82) is 0 Å². The summed E-state index contributed by atoms with van der Waals surface area (Å²) in [7, 11) is -1.42. The maximum atomic E-state index is 12.1. The molecule has 0 spiro atoms. The highest BCUT2D eigenvalue weighted by atomic mass is 79.9. The molecule has 0 unspecified atom stereocenters. The molecule has 19 heavy (non-hydrogen) atoms. The van der Waals surface area contributed by atoms with Gasteiger partial charge in [0.05, 0.1) is 9.22 Å². The van der Waals surface area contributed by atoms with Crippen LogP contribution in [0.4, 0.5) is 8.78 Å². The first-order valence-electron chi connectivity index (χ1n) is 5.27. The summed E-state index contributed by atoms with van der Waals surface area (Å²) in [6, 6.07) is 1.55. The molecule has 1 aromatic heterocycles. The second-order valence-electron chi connectivity index (χ2n) is 4.49. The van der Waals surface area contributed by atoms with Gasteiger partial charge in [-0.3, -0.25) is 0 Å². The topological polar surface area (TPSA) is 51.5 Å². The molecule has 0 fully saturated rings. The molecule has 0 aliphatic rings. The monoisotopic (exact) mass is 354 g/mol. The Morgan fingerprint density at radius 3 is 2.68 bits per heavy atom. The highest BCUT2D eigenvalue weighted by molar-refractivity contribution is 9.10. The van der Waals surface area contributed by atoms with E-state index in [9.17, 15) is 13.0 Å². The Morgan fingerprint density at radius 2 is 2.16 bits per heavy atom. The van der Waals surface area contributed by atoms with Gasteiger partial charge in [0, 0.05) is 18.0 Å². The summed E-state index contributed by atoms with van der Waals surface area (Å²) in [5, 5.41) is 0. The lowest BCUT2D eigenvalue weighted by Crippen LogP contribution is -2.19. The molecule has 1 rings (SSSR count). The van der Waals surface area contributed by atoms with Crippen molar-refractivity contribution in [2.24, 2.45) is 4.40 Å². The molecule has 0 amide bonds. The van der Waals surface area contributed by atoms with Gasteiger partial charge in [0.2, 0.25) is 5.88 Å². The van der Waals surface area contributed by atoms with Crippen LogP contribution in [0.5, 0.6) is 5.88 Å². The molecule has 106 valence electrons. The van der Waals surface area contributed by atoms with E-state index in [1.54, 1.807) is 26.8 Å². The molecule has 1 atom stereocenters. The number of hydrogen-bond donors (Lipinski definition) is 0. The molecule has 4 nitrogen and oxygen atoms in total. The Hall–Kier alpha value is -0.890. The van der Waals surface area contributed by atoms with E-state index >= 15 is 0 Å². The minimum Gasteiger partial charge on any atom is -0.416 e. The van der Waals surface area contributed by atoms with Crippen LogP contribution in [-0.2, 0) is 11.0 Å². The summed E-state index contributed by atoms with van der Waals surface area (Å²) in [5.41, 5.74) is 0.461. The Labute approximate surface area is 121 Å². The van der Waals surface area contributed by atoms with Gasteiger partial charge in [-0.2, -0.15) is 13.2 Å². The van der Waals surface area contributed by atoms with Crippen LogP contribution in [0, 0.1) is 0 Å². The molecule has 0 aliphatic heterocycles. The van der Waals surface area contributed by atoms with Crippen molar-refractivity contribution in [3.05, 3.63) is 22.3 Å². The quantitative estimate of drug-likeness (QED) is 0.779. The third-order valence-electron chi connectivity index (χ3n) is 1.90. The van der Waals surface area contributed by atoms with Gasteiger partial charge in [0.25, 0.3) is 0 Å². The lowest BCUT2D eigenvalue weighted by Gasteiger charge is -2.13. The first-order chi connectivity index (χ1) is 8.71. The fraction of sp³-hybridized carbons (Fsp3) is 0.455. The van der Waals surface area contributed by atoms with Crippen LogP contribution in [0.25, 0.3) is 0 Å². The van der Waals surface area contributed by atoms with Gasteiger partial charge in [-0.1, -0.05) is 0 Å². The summed E-state index contributed by atoms with van der Waals surface area (Å²) in [4.78, 5) is 3.67. The minimum absolute atomic E-state index is 0.236. The standard InChI is InChI=1S/C11H13BrF2N2O2S/c1-11(2,3)19(17)16-6-7-4-5-15-9(8(7)12)18-10(13)14/h4-6,10H,1-3H3/b16-6+/t19-/m0/s1. The van der Waals surface area contributed by atoms with E-state index in [-0.39, 0.29) is 10.4 Å². The minimum atomic E-state index is -2.96. The molecule has 0 N–H and O–H groups in total. The summed E-state index contributed by atoms with van der Waals surface area (Å²) < 4.78 is 43.9. The van der Waals surface area contributed by atoms with Crippen LogP contribution >= 0.6 is 15.9 Å². The fourth-order valence-electron chi connectivity index (χ4n) is 0.968. The number of aromatic nitrogens is 1. The normalized spacial score (nSPS) is 14.1. The Morgan fingerprint density at radius 1 is 1.53 bits per heavy atom. The maximum absolute atomic E-state index is 12.1. The molecule has 8 heteroatoms. The van der Waals surface area contributed by atoms with E-state index in [4.69, 9.17) is 0 Å². The number of hydrogen-bond acceptors (Lipinski definition) is 3. The molecule has 1 heterocycles. The van der Waals surface area contributed by atoms with Crippen molar-refractivity contribution in [2.75, 3.05) is 0 Å². The Balaban J connectivity index is 2.97. The van der Waals surface area contributed by atoms with E-state index in [1.165, 1.54) is 12.4 Å². The lowest BCUT2D eigenvalue weighted by molar-refractivity contribution is -0.0534. The van der Waals surface area contributed by atoms with Gasteiger partial charge in [-0.15, -0.1) is 0 Å². The summed E-state index contributed by atoms with van der Waals surface area (Å²) >= 11 is 3.10. The van der Waals surface area contributed by atoms with Gasteiger partial charge in [-0.25, -0.2) is 9.19 Å². The van der Waals surface area contributed by atoms with E-state index in [0.717, 1.165) is 0 Å². The van der Waals surface area contributed by atoms with Crippen LogP contribution in [0.2, 0.25) is 0 Å². The number of halogens is 3. The van der Waals surface area contributed by atoms with Crippen molar-refractivity contribution in [2.45, 2.75) is 32.1 Å². The summed E-state index contributed by atoms with van der Waals surface area (Å²) in [6.07, 6.45) is 2.65. The number of alkyl halides is 2. The second-order valence-corrected chi connectivity index (χ2v) is 7.22. The molecule has 0 saturated heterocycles. The maximum Gasteiger partial charge on any atom is 0.388 e. The van der Waals surface area contributed by atoms with Gasteiger partial charge < -0.3 is 4.74 Å². The molecular weight excluding hydrogens is 342 g/mol. The first kappa shape index (κ1) is 16.2. The largest absolute Gasteiger partial charge is 0.416 e. The third kappa shape index (κ3) is 4.94. The Kier molecular flexibility index (Phi) is 5.54. The van der Waals surface area contributed by atoms with Crippen molar-refractivity contribution in [1.82, 2.24) is 4.98 Å². The number of pyridine rings is 1. The molecule has 0 aliphatic carbocycles. The highest BCUT2D eigenvalue weighted by Gasteiger charge is 2.18. The van der Waals surface area contributed by atoms with Gasteiger partial charge >= 0.3 is 6.61 Å². The number of nitrogens with zero attached hydrogens (tertiary/aromatic N) is 2. The van der Waals surface area contributed by atoms with Crippen molar-refractivity contribution < 1.29 is 17.7 Å². The Bertz CT molecular complexity index is 504. The smallest absolute Gasteiger partial charge is 0.388 e. The van der Waals surface area contributed by atoms with E-state index < -0.39 is 22.3 Å². The third-order valence-corrected chi connectivity index (χ3v) is 4.04. The zero-order valence-electron chi connectivity index (χ0n) is 10.6. The number of ether oxygens (including phenoxy) is 1. The molecule has 0 saturated carbocycles. The highest BCUT2D eigenvalue weighted by Crippen LogP contribution is 2.26. The average Bonchev–Trinajstić information content (AvgIpc) is 2.28. The molecule has 0 aromatic carbocycles. The fourth-order valence-corrected chi connectivity index (χ4v) is 1.92. The predicted molar refractivity (Wildman–Crippen MR) is 74.1 cm³/mol. The van der Waals surface area contributed by atoms with Gasteiger partial charge in [-0.05, 0) is 42.8 Å². The van der Waals surface area contributed by atoms with E-state index in [0.29, 0.717) is 5.56 Å². The second kappa shape index (κ2) is 6.51. The summed E-state index contributed by atoms with van der Waals surface area (Å²) in [6.45, 7) is 2.40. The van der Waals surface area contributed by atoms with Crippen LogP contribution in [-0.4, -0.2) is 26.8 Å². The van der Waals surface area contributed by atoms with Gasteiger partial charge in [0.1, 0.15) is 11.0 Å². The van der Waals surface area contributed by atoms with E-state index in [1.807, 2.05) is 0 Å². The van der Waals surface area contributed by atoms with Crippen molar-refractivity contribution >= 4 is 33.1 Å². The average molecular weight is 355 g/mol. The van der Waals surface area contributed by atoms with E-state index in [2.05, 4.69) is 30.0 Å². The predicted octanol–water partition coefficient (Wildman–Crippen LogP) is 3.33. The number of rotatable bonds is 4. The molecule has 0 radical (unpaired) electrons. The SMILES string of the molecule is CC(C)(C)[S@](=O)/N=C/c1ccnc(OC(F)F)c1Br.